The van der Waals surface area contributed by atoms with Gasteiger partial charge in [0.05, 0.1) is 0 Å². The van der Waals surface area contributed by atoms with Gasteiger partial charge in [-0.1, -0.05) is 12.1 Å². The second kappa shape index (κ2) is 4.02. The van der Waals surface area contributed by atoms with Crippen LogP contribution < -0.4 is 5.19 Å². The van der Waals surface area contributed by atoms with Crippen LogP contribution in [0.1, 0.15) is 16.7 Å². The van der Waals surface area contributed by atoms with Crippen LogP contribution in [-0.2, 0) is 4.12 Å². The lowest BCUT2D eigenvalue weighted by atomic mass is 10.1. The molecule has 0 atom stereocenters. The monoisotopic (exact) mass is 191 g/mol. The molecule has 1 rings (SSSR count). The van der Waals surface area contributed by atoms with Crippen molar-refractivity contribution in [2.75, 3.05) is 0 Å². The van der Waals surface area contributed by atoms with Gasteiger partial charge in [-0.05, 0) is 42.6 Å². The van der Waals surface area contributed by atoms with E-state index in [1.807, 2.05) is 0 Å². The molecule has 0 aliphatic heterocycles. The summed E-state index contributed by atoms with van der Waals surface area (Å²) in [7, 11) is 3.41. The lowest BCUT2D eigenvalue weighted by Crippen LogP contribution is -2.20. The van der Waals surface area contributed by atoms with Crippen LogP contribution in [0, 0.1) is 20.8 Å². The van der Waals surface area contributed by atoms with E-state index in [1.54, 1.807) is 0 Å². The van der Waals surface area contributed by atoms with Gasteiger partial charge in [0.25, 0.3) is 9.76 Å². The second-order valence-electron chi connectivity index (χ2n) is 2.88. The normalized spacial score (nSPS) is 10.3. The molecule has 1 aromatic rings. The zero-order chi connectivity index (χ0) is 9.14. The summed E-state index contributed by atoms with van der Waals surface area (Å²) in [6.07, 6.45) is 0. The summed E-state index contributed by atoms with van der Waals surface area (Å²) < 4.78 is 4.94. The van der Waals surface area contributed by atoms with E-state index in [4.69, 9.17) is 4.12 Å². The number of aryl methyl sites for hydroxylation is 1. The van der Waals surface area contributed by atoms with Gasteiger partial charge in [-0.3, -0.25) is 0 Å². The molecule has 1 aromatic carbocycles. The van der Waals surface area contributed by atoms with Crippen molar-refractivity contribution in [2.24, 2.45) is 0 Å². The fraction of sp³-hybridized carbons (Fsp3) is 0.333. The fourth-order valence-corrected chi connectivity index (χ4v) is 2.05. The lowest BCUT2D eigenvalue weighted by molar-refractivity contribution is 0.676. The molecule has 0 aliphatic rings. The second-order valence-corrected chi connectivity index (χ2v) is 4.44. The molecule has 5 radical (unpaired) electrons. The Morgan fingerprint density at radius 3 is 2.42 bits per heavy atom. The zero-order valence-corrected chi connectivity index (χ0v) is 9.56. The molecule has 0 N–H and O–H groups in total. The van der Waals surface area contributed by atoms with E-state index in [2.05, 4.69) is 43.4 Å². The molecule has 0 saturated heterocycles. The van der Waals surface area contributed by atoms with Gasteiger partial charge in [0.1, 0.15) is 0 Å². The van der Waals surface area contributed by atoms with Crippen molar-refractivity contribution in [1.82, 2.24) is 0 Å². The van der Waals surface area contributed by atoms with Crippen molar-refractivity contribution < 1.29 is 4.12 Å². The van der Waals surface area contributed by atoms with Crippen LogP contribution in [-0.4, -0.2) is 20.2 Å². The van der Waals surface area contributed by atoms with E-state index in [0.29, 0.717) is 9.76 Å². The van der Waals surface area contributed by atoms with Crippen LogP contribution in [0.4, 0.5) is 0 Å². The summed E-state index contributed by atoms with van der Waals surface area (Å²) in [5.41, 5.74) is 4.05. The highest BCUT2D eigenvalue weighted by molar-refractivity contribution is 6.51. The average molecular weight is 191 g/mol. The Bertz CT molecular complexity index is 284. The van der Waals surface area contributed by atoms with Crippen molar-refractivity contribution >= 4 is 25.4 Å². The van der Waals surface area contributed by atoms with E-state index in [1.165, 1.54) is 21.9 Å². The van der Waals surface area contributed by atoms with Gasteiger partial charge in [0.2, 0.25) is 10.5 Å². The van der Waals surface area contributed by atoms with Gasteiger partial charge in [-0.15, -0.1) is 0 Å². The van der Waals surface area contributed by atoms with Crippen LogP contribution in [0.15, 0.2) is 12.1 Å². The third-order valence-electron chi connectivity index (χ3n) is 2.22. The minimum Gasteiger partial charge on any atom is -0.454 e. The third-order valence-corrected chi connectivity index (χ3v) is 3.39. The molecule has 1 nitrogen and oxygen atoms in total. The summed E-state index contributed by atoms with van der Waals surface area (Å²) in [5.74, 6) is 0. The van der Waals surface area contributed by atoms with Crippen LogP contribution in [0.2, 0.25) is 0 Å². The average Bonchev–Trinajstić information content (AvgIpc) is 2.07. The lowest BCUT2D eigenvalue weighted by Gasteiger charge is -2.08. The molecular weight excluding hydrogens is 180 g/mol. The van der Waals surface area contributed by atoms with E-state index in [0.717, 1.165) is 0 Å². The first kappa shape index (κ1) is 9.70. The Morgan fingerprint density at radius 2 is 1.83 bits per heavy atom. The Morgan fingerprint density at radius 1 is 1.17 bits per heavy atom. The van der Waals surface area contributed by atoms with Crippen molar-refractivity contribution in [3.8, 4) is 0 Å². The van der Waals surface area contributed by atoms with Crippen LogP contribution in [0.3, 0.4) is 0 Å². The first-order chi connectivity index (χ1) is 5.66. The standard InChI is InChI=1S/C9H11OSi2/c1-6-4-5-9(12-10-11)8(3)7(6)2/h4-5H,1-3H3. The Kier molecular flexibility index (Phi) is 3.25. The molecule has 0 saturated carbocycles. The maximum absolute atomic E-state index is 4.94. The third kappa shape index (κ3) is 1.85. The summed E-state index contributed by atoms with van der Waals surface area (Å²) in [6.45, 7) is 6.41. The molecule has 12 heavy (non-hydrogen) atoms. The number of hydrogen-bond acceptors (Lipinski definition) is 1. The highest BCUT2D eigenvalue weighted by Crippen LogP contribution is 2.08. The predicted octanol–water partition coefficient (Wildman–Crippen LogP) is 0.956. The summed E-state index contributed by atoms with van der Waals surface area (Å²) in [6, 6.07) is 4.26. The molecule has 0 spiro atoms. The molecule has 3 heteroatoms. The minimum absolute atomic E-state index is 0.392. The van der Waals surface area contributed by atoms with Crippen molar-refractivity contribution in [2.45, 2.75) is 20.8 Å². The molecule has 0 amide bonds. The highest BCUT2D eigenvalue weighted by Gasteiger charge is 2.03. The summed E-state index contributed by atoms with van der Waals surface area (Å²) in [5, 5.41) is 1.27. The first-order valence-electron chi connectivity index (χ1n) is 3.82. The van der Waals surface area contributed by atoms with Gasteiger partial charge in [0, 0.05) is 0 Å². The molecule has 0 bridgehead atoms. The number of benzene rings is 1. The fourth-order valence-electron chi connectivity index (χ4n) is 1.12. The van der Waals surface area contributed by atoms with Gasteiger partial charge in [0.15, 0.2) is 0 Å². The molecular formula is C9H11OSi2. The van der Waals surface area contributed by atoms with Crippen molar-refractivity contribution in [3.05, 3.63) is 28.8 Å². The maximum Gasteiger partial charge on any atom is 0.256 e. The van der Waals surface area contributed by atoms with Gasteiger partial charge in [-0.2, -0.15) is 0 Å². The minimum atomic E-state index is 0.392. The Hall–Kier alpha value is -0.386. The smallest absolute Gasteiger partial charge is 0.256 e. The first-order valence-corrected chi connectivity index (χ1v) is 5.14. The van der Waals surface area contributed by atoms with Crippen LogP contribution >= 0.6 is 0 Å². The van der Waals surface area contributed by atoms with Crippen molar-refractivity contribution in [3.63, 3.8) is 0 Å². The predicted molar refractivity (Wildman–Crippen MR) is 52.9 cm³/mol. The van der Waals surface area contributed by atoms with Gasteiger partial charge in [-0.25, -0.2) is 0 Å². The molecule has 0 heterocycles. The summed E-state index contributed by atoms with van der Waals surface area (Å²) >= 11 is 0. The Balaban J connectivity index is 3.08. The highest BCUT2D eigenvalue weighted by atomic mass is 28.3. The molecule has 0 aliphatic carbocycles. The molecule has 0 aromatic heterocycles. The number of rotatable bonds is 2. The van der Waals surface area contributed by atoms with Gasteiger partial charge < -0.3 is 4.12 Å². The Labute approximate surface area is 79.6 Å². The van der Waals surface area contributed by atoms with Crippen LogP contribution in [0.25, 0.3) is 0 Å². The van der Waals surface area contributed by atoms with Crippen LogP contribution in [0.5, 0.6) is 0 Å². The van der Waals surface area contributed by atoms with E-state index in [9.17, 15) is 0 Å². The molecule has 0 unspecified atom stereocenters. The van der Waals surface area contributed by atoms with E-state index < -0.39 is 0 Å². The van der Waals surface area contributed by atoms with E-state index in [-0.39, 0.29) is 0 Å². The largest absolute Gasteiger partial charge is 0.454 e. The molecule has 0 fully saturated rings. The quantitative estimate of drug-likeness (QED) is 0.633. The maximum atomic E-state index is 4.94. The number of hydrogen-bond donors (Lipinski definition) is 0. The molecule has 61 valence electrons. The topological polar surface area (TPSA) is 9.23 Å². The van der Waals surface area contributed by atoms with E-state index >= 15 is 0 Å². The summed E-state index contributed by atoms with van der Waals surface area (Å²) in [4.78, 5) is 0. The SMILES string of the molecule is Cc1ccc([Si]O[Si])c(C)c1C. The van der Waals surface area contributed by atoms with Gasteiger partial charge >= 0.3 is 0 Å². The zero-order valence-electron chi connectivity index (χ0n) is 7.56. The van der Waals surface area contributed by atoms with Crippen molar-refractivity contribution in [1.29, 1.82) is 0 Å².